The van der Waals surface area contributed by atoms with Gasteiger partial charge in [0.1, 0.15) is 0 Å². The number of hydrogen-bond acceptors (Lipinski definition) is 4. The van der Waals surface area contributed by atoms with Crippen molar-refractivity contribution < 1.29 is 8.42 Å². The van der Waals surface area contributed by atoms with E-state index in [4.69, 9.17) is 11.6 Å². The quantitative estimate of drug-likeness (QED) is 0.877. The van der Waals surface area contributed by atoms with Crippen molar-refractivity contribution in [2.75, 3.05) is 16.8 Å². The normalized spacial score (nSPS) is 13.1. The summed E-state index contributed by atoms with van der Waals surface area (Å²) in [6.07, 6.45) is 1.70. The number of halogens is 1. The van der Waals surface area contributed by atoms with Crippen LogP contribution in [0.1, 0.15) is 19.5 Å². The third kappa shape index (κ3) is 4.01. The topological polar surface area (TPSA) is 64.0 Å². The predicted octanol–water partition coefficient (Wildman–Crippen LogP) is 3.07. The summed E-state index contributed by atoms with van der Waals surface area (Å²) in [5.74, 6) is 0.255. The van der Waals surface area contributed by atoms with Crippen molar-refractivity contribution in [1.82, 2.24) is 9.78 Å². The molecule has 0 spiro atoms. The van der Waals surface area contributed by atoms with Crippen LogP contribution in [0.25, 0.3) is 5.69 Å². The molecule has 1 aromatic heterocycles. The van der Waals surface area contributed by atoms with E-state index in [-0.39, 0.29) is 17.5 Å². The van der Waals surface area contributed by atoms with Crippen LogP contribution in [0.15, 0.2) is 30.5 Å². The van der Waals surface area contributed by atoms with Gasteiger partial charge in [-0.15, -0.1) is 0 Å². The van der Waals surface area contributed by atoms with Gasteiger partial charge in [0.25, 0.3) is 0 Å². The number of sulfone groups is 1. The van der Waals surface area contributed by atoms with Gasteiger partial charge in [0.15, 0.2) is 9.84 Å². The molecule has 2 aromatic rings. The van der Waals surface area contributed by atoms with Gasteiger partial charge in [0.2, 0.25) is 0 Å². The average Bonchev–Trinajstić information content (AvgIpc) is 2.79. The van der Waals surface area contributed by atoms with Gasteiger partial charge in [-0.2, -0.15) is 5.10 Å². The van der Waals surface area contributed by atoms with E-state index < -0.39 is 9.84 Å². The molecule has 1 heterocycles. The predicted molar refractivity (Wildman–Crippen MR) is 90.7 cm³/mol. The van der Waals surface area contributed by atoms with Crippen LogP contribution in [0.4, 0.5) is 5.69 Å². The number of hydrogen-bond donors (Lipinski definition) is 1. The number of nitrogens with zero attached hydrogens (tertiary/aromatic N) is 2. The third-order valence-electron chi connectivity index (χ3n) is 3.41. The fourth-order valence-corrected chi connectivity index (χ4v) is 3.49. The summed E-state index contributed by atoms with van der Waals surface area (Å²) in [5, 5.41) is 8.20. The first kappa shape index (κ1) is 16.8. The lowest BCUT2D eigenvalue weighted by molar-refractivity contribution is 0.593. The second kappa shape index (κ2) is 6.71. The van der Waals surface area contributed by atoms with Crippen LogP contribution in [0, 0.1) is 6.92 Å². The van der Waals surface area contributed by atoms with Gasteiger partial charge >= 0.3 is 0 Å². The monoisotopic (exact) mass is 341 g/mol. The van der Waals surface area contributed by atoms with Crippen molar-refractivity contribution in [3.05, 3.63) is 41.2 Å². The van der Waals surface area contributed by atoms with Crippen LogP contribution in [0.5, 0.6) is 0 Å². The zero-order valence-corrected chi connectivity index (χ0v) is 14.4. The molecule has 2 rings (SSSR count). The summed E-state index contributed by atoms with van der Waals surface area (Å²) >= 11 is 6.00. The first-order valence-electron chi connectivity index (χ1n) is 7.10. The minimum absolute atomic E-state index is 0.102. The molecule has 0 unspecified atom stereocenters. The SMILES string of the molecule is CCS(=O)(=O)C[C@@H](C)Nc1cnn(-c2cccc(Cl)c2)c1C. The highest BCUT2D eigenvalue weighted by atomic mass is 35.5. The molecule has 0 aliphatic heterocycles. The van der Waals surface area contributed by atoms with Crippen molar-refractivity contribution in [2.45, 2.75) is 26.8 Å². The van der Waals surface area contributed by atoms with E-state index in [0.29, 0.717) is 5.02 Å². The van der Waals surface area contributed by atoms with E-state index in [9.17, 15) is 8.42 Å². The Labute approximate surface area is 136 Å². The van der Waals surface area contributed by atoms with E-state index in [1.807, 2.05) is 32.0 Å². The molecule has 0 aliphatic rings. The van der Waals surface area contributed by atoms with E-state index >= 15 is 0 Å². The second-order valence-corrected chi connectivity index (χ2v) is 8.11. The van der Waals surface area contributed by atoms with Crippen LogP contribution >= 0.6 is 11.6 Å². The Kier molecular flexibility index (Phi) is 5.13. The Hall–Kier alpha value is -1.53. The molecule has 1 atom stereocenters. The minimum Gasteiger partial charge on any atom is -0.379 e. The highest BCUT2D eigenvalue weighted by molar-refractivity contribution is 7.91. The molecule has 0 radical (unpaired) electrons. The van der Waals surface area contributed by atoms with E-state index in [1.54, 1.807) is 23.9 Å². The molecule has 0 fully saturated rings. The fraction of sp³-hybridized carbons (Fsp3) is 0.400. The van der Waals surface area contributed by atoms with Crippen LogP contribution < -0.4 is 5.32 Å². The van der Waals surface area contributed by atoms with E-state index in [1.165, 1.54) is 0 Å². The van der Waals surface area contributed by atoms with Gasteiger partial charge in [0, 0.05) is 16.8 Å². The van der Waals surface area contributed by atoms with Crippen molar-refractivity contribution in [2.24, 2.45) is 0 Å². The third-order valence-corrected chi connectivity index (χ3v) is 5.53. The maximum absolute atomic E-state index is 11.7. The van der Waals surface area contributed by atoms with Crippen LogP contribution in [-0.4, -0.2) is 35.7 Å². The molecule has 0 amide bonds. The average molecular weight is 342 g/mol. The largest absolute Gasteiger partial charge is 0.379 e. The zero-order valence-electron chi connectivity index (χ0n) is 12.9. The Morgan fingerprint density at radius 1 is 1.41 bits per heavy atom. The Morgan fingerprint density at radius 2 is 2.14 bits per heavy atom. The highest BCUT2D eigenvalue weighted by Gasteiger charge is 2.16. The number of nitrogens with one attached hydrogen (secondary N) is 1. The molecule has 7 heteroatoms. The lowest BCUT2D eigenvalue weighted by Gasteiger charge is -2.14. The van der Waals surface area contributed by atoms with Gasteiger partial charge < -0.3 is 5.32 Å². The molecule has 1 N–H and O–H groups in total. The molecule has 22 heavy (non-hydrogen) atoms. The summed E-state index contributed by atoms with van der Waals surface area (Å²) in [6, 6.07) is 7.24. The summed E-state index contributed by atoms with van der Waals surface area (Å²) in [6.45, 7) is 5.44. The molecule has 0 aliphatic carbocycles. The van der Waals surface area contributed by atoms with Crippen molar-refractivity contribution in [1.29, 1.82) is 0 Å². The summed E-state index contributed by atoms with van der Waals surface area (Å²) < 4.78 is 25.1. The maximum Gasteiger partial charge on any atom is 0.152 e. The Balaban J connectivity index is 2.18. The molecular weight excluding hydrogens is 322 g/mol. The van der Waals surface area contributed by atoms with Crippen LogP contribution in [-0.2, 0) is 9.84 Å². The fourth-order valence-electron chi connectivity index (χ4n) is 2.23. The summed E-state index contributed by atoms with van der Waals surface area (Å²) in [5.41, 5.74) is 2.59. The molecule has 1 aromatic carbocycles. The minimum atomic E-state index is -3.01. The van der Waals surface area contributed by atoms with Crippen molar-refractivity contribution in [3.8, 4) is 5.69 Å². The van der Waals surface area contributed by atoms with Gasteiger partial charge in [0.05, 0.1) is 29.0 Å². The Bertz CT molecular complexity index is 756. The molecule has 120 valence electrons. The Morgan fingerprint density at radius 3 is 2.77 bits per heavy atom. The number of rotatable bonds is 6. The number of benzene rings is 1. The zero-order chi connectivity index (χ0) is 16.3. The molecule has 0 saturated heterocycles. The number of anilines is 1. The lowest BCUT2D eigenvalue weighted by Crippen LogP contribution is -2.26. The van der Waals surface area contributed by atoms with Gasteiger partial charge in [-0.3, -0.25) is 0 Å². The molecule has 0 bridgehead atoms. The molecule has 5 nitrogen and oxygen atoms in total. The van der Waals surface area contributed by atoms with Crippen LogP contribution in [0.2, 0.25) is 5.02 Å². The van der Waals surface area contributed by atoms with Gasteiger partial charge in [-0.05, 0) is 32.0 Å². The number of aromatic nitrogens is 2. The smallest absolute Gasteiger partial charge is 0.152 e. The van der Waals surface area contributed by atoms with Gasteiger partial charge in [-0.1, -0.05) is 24.6 Å². The standard InChI is InChI=1S/C15H20ClN3O2S/c1-4-22(20,21)10-11(2)18-15-9-17-19(12(15)3)14-7-5-6-13(16)8-14/h5-9,11,18H,4,10H2,1-3H3/t11-/m1/s1. The van der Waals surface area contributed by atoms with Gasteiger partial charge in [-0.25, -0.2) is 13.1 Å². The second-order valence-electron chi connectivity index (χ2n) is 5.28. The van der Waals surface area contributed by atoms with Crippen molar-refractivity contribution in [3.63, 3.8) is 0 Å². The summed E-state index contributed by atoms with van der Waals surface area (Å²) in [7, 11) is -3.01. The lowest BCUT2D eigenvalue weighted by atomic mass is 10.3. The highest BCUT2D eigenvalue weighted by Crippen LogP contribution is 2.21. The first-order chi connectivity index (χ1) is 10.3. The molecule has 0 saturated carbocycles. The van der Waals surface area contributed by atoms with Crippen molar-refractivity contribution >= 4 is 27.1 Å². The van der Waals surface area contributed by atoms with E-state index in [2.05, 4.69) is 10.4 Å². The maximum atomic E-state index is 11.7. The summed E-state index contributed by atoms with van der Waals surface area (Å²) in [4.78, 5) is 0. The molecular formula is C15H20ClN3O2S. The first-order valence-corrected chi connectivity index (χ1v) is 9.30. The van der Waals surface area contributed by atoms with Crippen LogP contribution in [0.3, 0.4) is 0 Å². The van der Waals surface area contributed by atoms with E-state index in [0.717, 1.165) is 17.1 Å².